The van der Waals surface area contributed by atoms with Crippen LogP contribution in [0.3, 0.4) is 0 Å². The molecule has 0 amide bonds. The Morgan fingerprint density at radius 3 is 3.00 bits per heavy atom. The summed E-state index contributed by atoms with van der Waals surface area (Å²) in [6, 6.07) is 7.00. The van der Waals surface area contributed by atoms with Gasteiger partial charge in [-0.05, 0) is 44.4 Å². The summed E-state index contributed by atoms with van der Waals surface area (Å²) in [5, 5.41) is 3.47. The fourth-order valence-electron chi connectivity index (χ4n) is 2.55. The molecule has 0 saturated carbocycles. The van der Waals surface area contributed by atoms with Gasteiger partial charge >= 0.3 is 0 Å². The maximum Gasteiger partial charge on any atom is 0.122 e. The van der Waals surface area contributed by atoms with Crippen molar-refractivity contribution in [3.63, 3.8) is 0 Å². The van der Waals surface area contributed by atoms with Crippen LogP contribution in [0.2, 0.25) is 0 Å². The van der Waals surface area contributed by atoms with Crippen molar-refractivity contribution in [3.8, 4) is 5.75 Å². The highest BCUT2D eigenvalue weighted by atomic mass is 16.5. The van der Waals surface area contributed by atoms with E-state index in [-0.39, 0.29) is 0 Å². The summed E-state index contributed by atoms with van der Waals surface area (Å²) in [6.07, 6.45) is 1.10. The average Bonchev–Trinajstić information content (AvgIpc) is 2.39. The van der Waals surface area contributed by atoms with Gasteiger partial charge in [0.05, 0.1) is 6.61 Å². The van der Waals surface area contributed by atoms with Crippen LogP contribution in [0.5, 0.6) is 5.75 Å². The van der Waals surface area contributed by atoms with Crippen molar-refractivity contribution in [2.45, 2.75) is 33.2 Å². The summed E-state index contributed by atoms with van der Waals surface area (Å²) in [5.74, 6) is 1.04. The molecule has 1 fully saturated rings. The highest BCUT2D eigenvalue weighted by Gasteiger charge is 2.14. The molecule has 0 aromatic heterocycles. The van der Waals surface area contributed by atoms with Crippen LogP contribution >= 0.6 is 0 Å². The van der Waals surface area contributed by atoms with Gasteiger partial charge in [-0.1, -0.05) is 12.1 Å². The first-order valence-corrected chi connectivity index (χ1v) is 7.31. The fourth-order valence-corrected chi connectivity index (χ4v) is 2.55. The zero-order chi connectivity index (χ0) is 13.7. The molecule has 0 bridgehead atoms. The van der Waals surface area contributed by atoms with Gasteiger partial charge < -0.3 is 15.0 Å². The van der Waals surface area contributed by atoms with E-state index in [4.69, 9.17) is 4.74 Å². The van der Waals surface area contributed by atoms with Gasteiger partial charge in [0, 0.05) is 32.2 Å². The molecule has 106 valence electrons. The Kier molecular flexibility index (Phi) is 5.23. The van der Waals surface area contributed by atoms with Gasteiger partial charge in [0.25, 0.3) is 0 Å². The normalized spacial score (nSPS) is 20.5. The van der Waals surface area contributed by atoms with Crippen LogP contribution < -0.4 is 10.1 Å². The smallest absolute Gasteiger partial charge is 0.122 e. The van der Waals surface area contributed by atoms with Crippen LogP contribution in [-0.4, -0.2) is 43.7 Å². The standard InChI is InChI=1S/C16H26N2O/c1-13-5-6-14(2)16(11-13)19-10-4-8-18-9-7-17-15(3)12-18/h5-6,11,15,17H,4,7-10,12H2,1-3H3/t15-/m0/s1. The van der Waals surface area contributed by atoms with Gasteiger partial charge in [-0.3, -0.25) is 0 Å². The van der Waals surface area contributed by atoms with Gasteiger partial charge in [-0.25, -0.2) is 0 Å². The van der Waals surface area contributed by atoms with Crippen LogP contribution in [0.15, 0.2) is 18.2 Å². The molecule has 1 aromatic carbocycles. The van der Waals surface area contributed by atoms with Crippen LogP contribution in [0.4, 0.5) is 0 Å². The number of aryl methyl sites for hydroxylation is 2. The molecule has 19 heavy (non-hydrogen) atoms. The quantitative estimate of drug-likeness (QED) is 0.825. The largest absolute Gasteiger partial charge is 0.493 e. The highest BCUT2D eigenvalue weighted by molar-refractivity contribution is 5.35. The minimum absolute atomic E-state index is 0.619. The first-order chi connectivity index (χ1) is 9.15. The van der Waals surface area contributed by atoms with Crippen LogP contribution in [0.1, 0.15) is 24.5 Å². The van der Waals surface area contributed by atoms with Crippen molar-refractivity contribution < 1.29 is 4.74 Å². The van der Waals surface area contributed by atoms with E-state index in [0.29, 0.717) is 6.04 Å². The van der Waals surface area contributed by atoms with Gasteiger partial charge in [-0.2, -0.15) is 0 Å². The summed E-state index contributed by atoms with van der Waals surface area (Å²) < 4.78 is 5.89. The molecule has 0 aliphatic carbocycles. The molecule has 1 aliphatic rings. The second kappa shape index (κ2) is 6.92. The fraction of sp³-hybridized carbons (Fsp3) is 0.625. The third-order valence-corrected chi connectivity index (χ3v) is 3.67. The second-order valence-electron chi connectivity index (χ2n) is 5.63. The molecule has 1 heterocycles. The van der Waals surface area contributed by atoms with E-state index in [1.54, 1.807) is 0 Å². The Morgan fingerprint density at radius 1 is 1.37 bits per heavy atom. The molecular formula is C16H26N2O. The van der Waals surface area contributed by atoms with Crippen molar-refractivity contribution in [3.05, 3.63) is 29.3 Å². The molecule has 0 radical (unpaired) electrons. The van der Waals surface area contributed by atoms with Crippen molar-refractivity contribution in [1.29, 1.82) is 0 Å². The zero-order valence-corrected chi connectivity index (χ0v) is 12.4. The number of nitrogens with one attached hydrogen (secondary N) is 1. The number of ether oxygens (including phenoxy) is 1. The number of benzene rings is 1. The third kappa shape index (κ3) is 4.51. The lowest BCUT2D eigenvalue weighted by molar-refractivity contribution is 0.189. The van der Waals surface area contributed by atoms with E-state index in [9.17, 15) is 0 Å². The summed E-state index contributed by atoms with van der Waals surface area (Å²) in [5.41, 5.74) is 2.48. The van der Waals surface area contributed by atoms with E-state index >= 15 is 0 Å². The Hall–Kier alpha value is -1.06. The minimum Gasteiger partial charge on any atom is -0.493 e. The number of hydrogen-bond acceptors (Lipinski definition) is 3. The number of rotatable bonds is 5. The first-order valence-electron chi connectivity index (χ1n) is 7.31. The lowest BCUT2D eigenvalue weighted by atomic mass is 10.1. The van der Waals surface area contributed by atoms with E-state index < -0.39 is 0 Å². The maximum atomic E-state index is 5.89. The van der Waals surface area contributed by atoms with Crippen molar-refractivity contribution in [2.75, 3.05) is 32.8 Å². The molecule has 3 heteroatoms. The summed E-state index contributed by atoms with van der Waals surface area (Å²) in [4.78, 5) is 2.52. The predicted octanol–water partition coefficient (Wildman–Crippen LogP) is 2.37. The zero-order valence-electron chi connectivity index (χ0n) is 12.4. The topological polar surface area (TPSA) is 24.5 Å². The molecule has 1 atom stereocenters. The molecule has 1 aliphatic heterocycles. The number of hydrogen-bond donors (Lipinski definition) is 1. The first kappa shape index (κ1) is 14.4. The van der Waals surface area contributed by atoms with Gasteiger partial charge in [-0.15, -0.1) is 0 Å². The van der Waals surface area contributed by atoms with Crippen molar-refractivity contribution in [1.82, 2.24) is 10.2 Å². The Labute approximate surface area is 116 Å². The minimum atomic E-state index is 0.619. The maximum absolute atomic E-state index is 5.89. The molecule has 0 spiro atoms. The average molecular weight is 262 g/mol. The monoisotopic (exact) mass is 262 g/mol. The van der Waals surface area contributed by atoms with Gasteiger partial charge in [0.1, 0.15) is 5.75 Å². The van der Waals surface area contributed by atoms with Gasteiger partial charge in [0.2, 0.25) is 0 Å². The van der Waals surface area contributed by atoms with Crippen molar-refractivity contribution in [2.24, 2.45) is 0 Å². The SMILES string of the molecule is Cc1ccc(C)c(OCCCN2CCN[C@@H](C)C2)c1. The number of nitrogens with zero attached hydrogens (tertiary/aromatic N) is 1. The van der Waals surface area contributed by atoms with E-state index in [0.717, 1.165) is 45.0 Å². The van der Waals surface area contributed by atoms with Gasteiger partial charge in [0.15, 0.2) is 0 Å². The molecule has 1 saturated heterocycles. The lowest BCUT2D eigenvalue weighted by Gasteiger charge is -2.31. The third-order valence-electron chi connectivity index (χ3n) is 3.67. The van der Waals surface area contributed by atoms with Crippen LogP contribution in [-0.2, 0) is 0 Å². The predicted molar refractivity (Wildman–Crippen MR) is 79.9 cm³/mol. The second-order valence-corrected chi connectivity index (χ2v) is 5.63. The highest BCUT2D eigenvalue weighted by Crippen LogP contribution is 2.19. The summed E-state index contributed by atoms with van der Waals surface area (Å²) in [7, 11) is 0. The lowest BCUT2D eigenvalue weighted by Crippen LogP contribution is -2.49. The molecular weight excluding hydrogens is 236 g/mol. The Bertz CT molecular complexity index is 406. The molecule has 1 N–H and O–H groups in total. The van der Waals surface area contributed by atoms with Crippen molar-refractivity contribution >= 4 is 0 Å². The molecule has 0 unspecified atom stereocenters. The molecule has 2 rings (SSSR count). The Balaban J connectivity index is 1.70. The van der Waals surface area contributed by atoms with E-state index in [2.05, 4.69) is 49.2 Å². The molecule has 1 aromatic rings. The van der Waals surface area contributed by atoms with Crippen LogP contribution in [0, 0.1) is 13.8 Å². The van der Waals surface area contributed by atoms with E-state index in [1.807, 2.05) is 0 Å². The summed E-state index contributed by atoms with van der Waals surface area (Å²) in [6.45, 7) is 11.8. The number of piperazine rings is 1. The summed E-state index contributed by atoms with van der Waals surface area (Å²) >= 11 is 0. The van der Waals surface area contributed by atoms with Crippen LogP contribution in [0.25, 0.3) is 0 Å². The van der Waals surface area contributed by atoms with E-state index in [1.165, 1.54) is 11.1 Å². The molecule has 3 nitrogen and oxygen atoms in total. The Morgan fingerprint density at radius 2 is 2.21 bits per heavy atom.